The van der Waals surface area contributed by atoms with Gasteiger partial charge < -0.3 is 9.73 Å². The molecule has 2 heteroatoms. The van der Waals surface area contributed by atoms with E-state index in [1.165, 1.54) is 24.0 Å². The van der Waals surface area contributed by atoms with Crippen molar-refractivity contribution in [1.82, 2.24) is 5.32 Å². The zero-order valence-electron chi connectivity index (χ0n) is 12.5. The fraction of sp³-hybridized carbons (Fsp3) is 0.444. The maximum absolute atomic E-state index is 5.68. The first-order chi connectivity index (χ1) is 9.61. The molecule has 1 aliphatic carbocycles. The van der Waals surface area contributed by atoms with Gasteiger partial charge in [-0.05, 0) is 57.2 Å². The molecular formula is C18H23NO. The number of hydrogen-bond donors (Lipinski definition) is 1. The molecule has 1 fully saturated rings. The molecule has 1 heterocycles. The number of nitrogens with one attached hydrogen (secondary N) is 1. The molecule has 2 nitrogen and oxygen atoms in total. The van der Waals surface area contributed by atoms with Gasteiger partial charge in [-0.25, -0.2) is 0 Å². The van der Waals surface area contributed by atoms with Gasteiger partial charge in [0.15, 0.2) is 0 Å². The number of hydrogen-bond acceptors (Lipinski definition) is 2. The van der Waals surface area contributed by atoms with Crippen molar-refractivity contribution in [2.75, 3.05) is 0 Å². The molecule has 106 valence electrons. The van der Waals surface area contributed by atoms with Crippen LogP contribution in [-0.2, 0) is 0 Å². The third-order valence-electron chi connectivity index (χ3n) is 4.33. The maximum Gasteiger partial charge on any atom is 0.120 e. The third kappa shape index (κ3) is 2.80. The molecule has 0 aliphatic heterocycles. The van der Waals surface area contributed by atoms with Crippen LogP contribution in [0.2, 0.25) is 0 Å². The van der Waals surface area contributed by atoms with Crippen LogP contribution in [0.4, 0.5) is 0 Å². The van der Waals surface area contributed by atoms with Gasteiger partial charge in [0, 0.05) is 6.04 Å². The van der Waals surface area contributed by atoms with Gasteiger partial charge in [0.25, 0.3) is 0 Å². The van der Waals surface area contributed by atoms with Gasteiger partial charge in [-0.2, -0.15) is 0 Å². The molecule has 0 amide bonds. The Morgan fingerprint density at radius 3 is 2.60 bits per heavy atom. The van der Waals surface area contributed by atoms with E-state index in [1.54, 1.807) is 0 Å². The predicted molar refractivity (Wildman–Crippen MR) is 81.9 cm³/mol. The number of aryl methyl sites for hydroxylation is 2. The highest BCUT2D eigenvalue weighted by molar-refractivity contribution is 5.27. The van der Waals surface area contributed by atoms with Gasteiger partial charge in [0.2, 0.25) is 0 Å². The van der Waals surface area contributed by atoms with E-state index in [1.807, 2.05) is 13.0 Å². The SMILES string of the molecule is Cc1cccc(C2CC(NC(C)c3ccc(C)o3)C2)c1. The molecule has 0 bridgehead atoms. The van der Waals surface area contributed by atoms with Crippen LogP contribution >= 0.6 is 0 Å². The van der Waals surface area contributed by atoms with Gasteiger partial charge in [-0.1, -0.05) is 29.8 Å². The Morgan fingerprint density at radius 2 is 1.95 bits per heavy atom. The van der Waals surface area contributed by atoms with Crippen LogP contribution < -0.4 is 5.32 Å². The lowest BCUT2D eigenvalue weighted by atomic mass is 9.75. The molecule has 1 aromatic carbocycles. The highest BCUT2D eigenvalue weighted by atomic mass is 16.3. The second kappa shape index (κ2) is 5.45. The summed E-state index contributed by atoms with van der Waals surface area (Å²) in [7, 11) is 0. The van der Waals surface area contributed by atoms with Crippen molar-refractivity contribution in [2.24, 2.45) is 0 Å². The molecule has 3 rings (SSSR count). The standard InChI is InChI=1S/C18H23NO/c1-12-5-4-6-15(9-12)16-10-17(11-16)19-14(3)18-8-7-13(2)20-18/h4-9,14,16-17,19H,10-11H2,1-3H3. The molecule has 1 unspecified atom stereocenters. The van der Waals surface area contributed by atoms with E-state index < -0.39 is 0 Å². The van der Waals surface area contributed by atoms with E-state index >= 15 is 0 Å². The van der Waals surface area contributed by atoms with Crippen LogP contribution in [0.15, 0.2) is 40.8 Å². The lowest BCUT2D eigenvalue weighted by Crippen LogP contribution is -2.41. The molecule has 0 spiro atoms. The van der Waals surface area contributed by atoms with E-state index in [2.05, 4.69) is 49.5 Å². The van der Waals surface area contributed by atoms with E-state index in [9.17, 15) is 0 Å². The summed E-state index contributed by atoms with van der Waals surface area (Å²) in [6.07, 6.45) is 2.46. The molecule has 2 aromatic rings. The van der Waals surface area contributed by atoms with Crippen molar-refractivity contribution in [3.05, 3.63) is 59.0 Å². The average molecular weight is 269 g/mol. The number of rotatable bonds is 4. The van der Waals surface area contributed by atoms with Crippen LogP contribution in [0.5, 0.6) is 0 Å². The molecule has 1 saturated carbocycles. The lowest BCUT2D eigenvalue weighted by Gasteiger charge is -2.38. The molecular weight excluding hydrogens is 246 g/mol. The van der Waals surface area contributed by atoms with E-state index in [0.29, 0.717) is 12.1 Å². The lowest BCUT2D eigenvalue weighted by molar-refractivity contribution is 0.257. The Morgan fingerprint density at radius 1 is 1.15 bits per heavy atom. The first kappa shape index (κ1) is 13.4. The highest BCUT2D eigenvalue weighted by Gasteiger charge is 2.31. The summed E-state index contributed by atoms with van der Waals surface area (Å²) in [6, 6.07) is 13.9. The Kier molecular flexibility index (Phi) is 3.66. The zero-order chi connectivity index (χ0) is 14.1. The Hall–Kier alpha value is -1.54. The van der Waals surface area contributed by atoms with E-state index in [-0.39, 0.29) is 0 Å². The number of furan rings is 1. The molecule has 1 aromatic heterocycles. The monoisotopic (exact) mass is 269 g/mol. The van der Waals surface area contributed by atoms with Crippen LogP contribution in [0, 0.1) is 13.8 Å². The minimum atomic E-state index is 0.298. The van der Waals surface area contributed by atoms with Crippen molar-refractivity contribution in [3.8, 4) is 0 Å². The van der Waals surface area contributed by atoms with Gasteiger partial charge in [0.05, 0.1) is 6.04 Å². The minimum Gasteiger partial charge on any atom is -0.465 e. The van der Waals surface area contributed by atoms with Gasteiger partial charge in [-0.15, -0.1) is 0 Å². The second-order valence-corrected chi connectivity index (χ2v) is 6.12. The molecule has 1 atom stereocenters. The largest absolute Gasteiger partial charge is 0.465 e. The summed E-state index contributed by atoms with van der Waals surface area (Å²) >= 11 is 0. The molecule has 0 saturated heterocycles. The fourth-order valence-electron chi connectivity index (χ4n) is 3.07. The van der Waals surface area contributed by atoms with Gasteiger partial charge in [-0.3, -0.25) is 0 Å². The number of benzene rings is 1. The van der Waals surface area contributed by atoms with Crippen molar-refractivity contribution in [1.29, 1.82) is 0 Å². The average Bonchev–Trinajstić information content (AvgIpc) is 2.80. The van der Waals surface area contributed by atoms with E-state index in [0.717, 1.165) is 17.4 Å². The molecule has 0 radical (unpaired) electrons. The topological polar surface area (TPSA) is 25.2 Å². The molecule has 1 N–H and O–H groups in total. The first-order valence-corrected chi connectivity index (χ1v) is 7.51. The quantitative estimate of drug-likeness (QED) is 0.884. The first-order valence-electron chi connectivity index (χ1n) is 7.51. The van der Waals surface area contributed by atoms with Gasteiger partial charge >= 0.3 is 0 Å². The minimum absolute atomic E-state index is 0.298. The Labute approximate surface area is 121 Å². The van der Waals surface area contributed by atoms with Crippen LogP contribution in [0.25, 0.3) is 0 Å². The summed E-state index contributed by atoms with van der Waals surface area (Å²) in [5.41, 5.74) is 2.85. The Bertz CT molecular complexity index is 581. The summed E-state index contributed by atoms with van der Waals surface area (Å²) in [5, 5.41) is 3.67. The fourth-order valence-corrected chi connectivity index (χ4v) is 3.07. The normalized spacial score (nSPS) is 23.4. The molecule has 20 heavy (non-hydrogen) atoms. The Balaban J connectivity index is 1.53. The summed E-state index contributed by atoms with van der Waals surface area (Å²) in [4.78, 5) is 0. The van der Waals surface area contributed by atoms with Crippen LogP contribution in [0.3, 0.4) is 0 Å². The van der Waals surface area contributed by atoms with Gasteiger partial charge in [0.1, 0.15) is 11.5 Å². The maximum atomic E-state index is 5.68. The van der Waals surface area contributed by atoms with Crippen LogP contribution in [0.1, 0.15) is 54.4 Å². The van der Waals surface area contributed by atoms with E-state index in [4.69, 9.17) is 4.42 Å². The highest BCUT2D eigenvalue weighted by Crippen LogP contribution is 2.38. The summed E-state index contributed by atoms with van der Waals surface area (Å²) < 4.78 is 5.68. The third-order valence-corrected chi connectivity index (χ3v) is 4.33. The second-order valence-electron chi connectivity index (χ2n) is 6.12. The van der Waals surface area contributed by atoms with Crippen molar-refractivity contribution < 1.29 is 4.42 Å². The van der Waals surface area contributed by atoms with Crippen molar-refractivity contribution in [3.63, 3.8) is 0 Å². The predicted octanol–water partition coefficient (Wildman–Crippen LogP) is 4.49. The zero-order valence-corrected chi connectivity index (χ0v) is 12.5. The smallest absolute Gasteiger partial charge is 0.120 e. The molecule has 1 aliphatic rings. The van der Waals surface area contributed by atoms with Crippen molar-refractivity contribution in [2.45, 2.75) is 51.6 Å². The van der Waals surface area contributed by atoms with Crippen LogP contribution in [-0.4, -0.2) is 6.04 Å². The summed E-state index contributed by atoms with van der Waals surface area (Å²) in [6.45, 7) is 6.34. The summed E-state index contributed by atoms with van der Waals surface area (Å²) in [5.74, 6) is 2.75. The van der Waals surface area contributed by atoms with Crippen molar-refractivity contribution >= 4 is 0 Å².